The smallest absolute Gasteiger partial charge is 0.258 e. The van der Waals surface area contributed by atoms with Crippen LogP contribution >= 0.6 is 0 Å². The largest absolute Gasteiger partial charge is 0.339 e. The fourth-order valence-electron chi connectivity index (χ4n) is 2.46. The van der Waals surface area contributed by atoms with Gasteiger partial charge in [-0.2, -0.15) is 0 Å². The number of anilines is 3. The zero-order valence-electron chi connectivity index (χ0n) is 15.2. The highest BCUT2D eigenvalue weighted by Crippen LogP contribution is 2.17. The predicted octanol–water partition coefficient (Wildman–Crippen LogP) is 3.54. The van der Waals surface area contributed by atoms with Crippen LogP contribution in [0.25, 0.3) is 5.82 Å². The summed E-state index contributed by atoms with van der Waals surface area (Å²) in [5.74, 6) is 1.14. The Morgan fingerprint density at radius 3 is 2.68 bits per heavy atom. The van der Waals surface area contributed by atoms with Crippen LogP contribution in [0, 0.1) is 10.8 Å². The molecular weight excluding hydrogens is 354 g/mol. The van der Waals surface area contributed by atoms with Crippen molar-refractivity contribution < 1.29 is 4.79 Å². The molecule has 0 saturated carbocycles. The molecule has 2 aromatic heterocycles. The molecule has 0 spiro atoms. The van der Waals surface area contributed by atoms with Crippen molar-refractivity contribution in [1.82, 2.24) is 14.8 Å². The summed E-state index contributed by atoms with van der Waals surface area (Å²) in [4.78, 5) is 16.5. The molecule has 3 aromatic rings. The van der Waals surface area contributed by atoms with E-state index in [2.05, 4.69) is 20.7 Å². The third-order valence-electron chi connectivity index (χ3n) is 3.85. The normalized spacial score (nSPS) is 11.0. The lowest BCUT2D eigenvalue weighted by Gasteiger charge is -2.07. The van der Waals surface area contributed by atoms with Crippen molar-refractivity contribution in [2.75, 3.05) is 10.6 Å². The molecule has 0 aliphatic heterocycles. The summed E-state index contributed by atoms with van der Waals surface area (Å²) in [7, 11) is 0. The fourth-order valence-corrected chi connectivity index (χ4v) is 2.46. The van der Waals surface area contributed by atoms with Gasteiger partial charge in [0.25, 0.3) is 5.91 Å². The standard InChI is InChI=1S/C20H19N7O/c1-2-15(13-22)20(28)25-17-7-4-8-19(24-17)27-10-9-18(26-27)23-16-6-3-5-14(11-16)12-21/h2-13,21-22H,1H3,(H,23,26)(H,24,25,28)/b15-2+,21-12?,22-13?. The van der Waals surface area contributed by atoms with Crippen LogP contribution in [0.3, 0.4) is 0 Å². The maximum absolute atomic E-state index is 12.1. The van der Waals surface area contributed by atoms with Gasteiger partial charge in [0.15, 0.2) is 11.6 Å². The zero-order chi connectivity index (χ0) is 19.9. The quantitative estimate of drug-likeness (QED) is 0.374. The van der Waals surface area contributed by atoms with Crippen LogP contribution in [0.4, 0.5) is 17.3 Å². The van der Waals surface area contributed by atoms with E-state index in [0.717, 1.165) is 17.5 Å². The van der Waals surface area contributed by atoms with E-state index in [-0.39, 0.29) is 5.57 Å². The second-order valence-corrected chi connectivity index (χ2v) is 5.76. The number of hydrogen-bond donors (Lipinski definition) is 4. The minimum Gasteiger partial charge on any atom is -0.339 e. The topological polar surface area (TPSA) is 120 Å². The number of allylic oxidation sites excluding steroid dienone is 1. The first-order valence-electron chi connectivity index (χ1n) is 8.51. The number of nitrogens with one attached hydrogen (secondary N) is 4. The number of aromatic nitrogens is 3. The Bertz CT molecular complexity index is 1050. The van der Waals surface area contributed by atoms with E-state index in [9.17, 15) is 4.79 Å². The van der Waals surface area contributed by atoms with Crippen LogP contribution in [0.2, 0.25) is 0 Å². The van der Waals surface area contributed by atoms with Crippen LogP contribution in [0.15, 0.2) is 66.4 Å². The first-order chi connectivity index (χ1) is 13.6. The summed E-state index contributed by atoms with van der Waals surface area (Å²) in [6, 6.07) is 14.5. The Kier molecular flexibility index (Phi) is 5.71. The molecule has 0 aliphatic carbocycles. The summed E-state index contributed by atoms with van der Waals surface area (Å²) >= 11 is 0. The summed E-state index contributed by atoms with van der Waals surface area (Å²) in [6.07, 6.45) is 5.60. The van der Waals surface area contributed by atoms with Crippen LogP contribution in [0.1, 0.15) is 12.5 Å². The van der Waals surface area contributed by atoms with E-state index >= 15 is 0 Å². The van der Waals surface area contributed by atoms with Gasteiger partial charge in [-0.25, -0.2) is 9.67 Å². The highest BCUT2D eigenvalue weighted by molar-refractivity contribution is 6.16. The Hall–Kier alpha value is -4.07. The molecule has 0 radical (unpaired) electrons. The Balaban J connectivity index is 1.77. The summed E-state index contributed by atoms with van der Waals surface area (Å²) in [5, 5.41) is 24.9. The molecule has 3 rings (SSSR count). The number of carbonyl (C=O) groups excluding carboxylic acids is 1. The molecule has 0 fully saturated rings. The van der Waals surface area contributed by atoms with Gasteiger partial charge >= 0.3 is 0 Å². The Morgan fingerprint density at radius 1 is 1.11 bits per heavy atom. The SMILES string of the molecule is C/C=C(\C=N)C(=O)Nc1cccc(-n2ccc(Nc3cccc(C=N)c3)n2)n1. The van der Waals surface area contributed by atoms with Gasteiger partial charge in [-0.05, 0) is 36.8 Å². The summed E-state index contributed by atoms with van der Waals surface area (Å²) in [6.45, 7) is 1.69. The predicted molar refractivity (Wildman–Crippen MR) is 110 cm³/mol. The molecule has 8 nitrogen and oxygen atoms in total. The van der Waals surface area contributed by atoms with Gasteiger partial charge < -0.3 is 21.5 Å². The number of amides is 1. The molecule has 140 valence electrons. The van der Waals surface area contributed by atoms with Crippen molar-refractivity contribution >= 4 is 35.7 Å². The van der Waals surface area contributed by atoms with Gasteiger partial charge in [0.05, 0.1) is 5.57 Å². The molecule has 2 heterocycles. The van der Waals surface area contributed by atoms with Gasteiger partial charge in [-0.15, -0.1) is 5.10 Å². The fraction of sp³-hybridized carbons (Fsp3) is 0.0500. The van der Waals surface area contributed by atoms with E-state index in [0.29, 0.717) is 17.5 Å². The van der Waals surface area contributed by atoms with Gasteiger partial charge in [-0.1, -0.05) is 24.3 Å². The molecule has 0 atom stereocenters. The molecule has 1 aromatic carbocycles. The highest BCUT2D eigenvalue weighted by Gasteiger charge is 2.09. The third kappa shape index (κ3) is 4.36. The molecule has 28 heavy (non-hydrogen) atoms. The van der Waals surface area contributed by atoms with E-state index in [4.69, 9.17) is 10.8 Å². The minimum absolute atomic E-state index is 0.255. The summed E-state index contributed by atoms with van der Waals surface area (Å²) < 4.78 is 1.59. The highest BCUT2D eigenvalue weighted by atomic mass is 16.1. The summed E-state index contributed by atoms with van der Waals surface area (Å²) in [5.41, 5.74) is 1.87. The van der Waals surface area contributed by atoms with Crippen LogP contribution in [-0.2, 0) is 4.79 Å². The number of benzene rings is 1. The van der Waals surface area contributed by atoms with Crippen LogP contribution in [0.5, 0.6) is 0 Å². The van der Waals surface area contributed by atoms with Crippen LogP contribution < -0.4 is 10.6 Å². The first-order valence-corrected chi connectivity index (χ1v) is 8.51. The Labute approximate surface area is 162 Å². The van der Waals surface area contributed by atoms with E-state index in [1.165, 1.54) is 6.21 Å². The van der Waals surface area contributed by atoms with Crippen LogP contribution in [-0.4, -0.2) is 33.1 Å². The van der Waals surface area contributed by atoms with E-state index < -0.39 is 5.91 Å². The van der Waals surface area contributed by atoms with Gasteiger partial charge in [0.1, 0.15) is 5.82 Å². The number of nitrogens with zero attached hydrogens (tertiary/aromatic N) is 3. The van der Waals surface area contributed by atoms with E-state index in [1.54, 1.807) is 48.1 Å². The molecule has 0 bridgehead atoms. The average Bonchev–Trinajstić information content (AvgIpc) is 3.18. The average molecular weight is 373 g/mol. The second-order valence-electron chi connectivity index (χ2n) is 5.76. The molecule has 8 heteroatoms. The second kappa shape index (κ2) is 8.54. The van der Waals surface area contributed by atoms with Gasteiger partial charge in [0, 0.05) is 30.4 Å². The lowest BCUT2D eigenvalue weighted by molar-refractivity contribution is -0.112. The van der Waals surface area contributed by atoms with E-state index in [1.807, 2.05) is 24.3 Å². The Morgan fingerprint density at radius 2 is 1.93 bits per heavy atom. The minimum atomic E-state index is -0.393. The van der Waals surface area contributed by atoms with Crippen molar-refractivity contribution in [3.8, 4) is 5.82 Å². The zero-order valence-corrected chi connectivity index (χ0v) is 15.2. The van der Waals surface area contributed by atoms with Crippen molar-refractivity contribution in [2.24, 2.45) is 0 Å². The molecule has 0 unspecified atom stereocenters. The maximum atomic E-state index is 12.1. The van der Waals surface area contributed by atoms with Crippen molar-refractivity contribution in [2.45, 2.75) is 6.92 Å². The number of carbonyl (C=O) groups is 1. The molecule has 4 N–H and O–H groups in total. The van der Waals surface area contributed by atoms with Gasteiger partial charge in [0.2, 0.25) is 0 Å². The third-order valence-corrected chi connectivity index (χ3v) is 3.85. The molecule has 0 aliphatic rings. The van der Waals surface area contributed by atoms with Crippen molar-refractivity contribution in [1.29, 1.82) is 10.8 Å². The lowest BCUT2D eigenvalue weighted by atomic mass is 10.2. The van der Waals surface area contributed by atoms with Crippen molar-refractivity contribution in [3.63, 3.8) is 0 Å². The van der Waals surface area contributed by atoms with Crippen molar-refractivity contribution in [3.05, 3.63) is 71.9 Å². The number of pyridine rings is 1. The monoisotopic (exact) mass is 373 g/mol. The molecule has 1 amide bonds. The lowest BCUT2D eigenvalue weighted by Crippen LogP contribution is -2.16. The molecule has 0 saturated heterocycles. The maximum Gasteiger partial charge on any atom is 0.258 e. The number of rotatable bonds is 7. The first kappa shape index (κ1) is 18.7. The van der Waals surface area contributed by atoms with Gasteiger partial charge in [-0.3, -0.25) is 4.79 Å². The molecular formula is C20H19N7O. The number of hydrogen-bond acceptors (Lipinski definition) is 6.